The molecule has 0 spiro atoms. The fourth-order valence-electron chi connectivity index (χ4n) is 4.03. The summed E-state index contributed by atoms with van der Waals surface area (Å²) in [6.45, 7) is 11.5. The number of nitrogens with one attached hydrogen (secondary N) is 2. The lowest BCUT2D eigenvalue weighted by atomic mass is 9.80. The average molecular weight is 563 g/mol. The smallest absolute Gasteiger partial charge is 0.373 e. The molecule has 4 atom stereocenters. The number of aliphatic hydroxyl groups excluding tert-OH is 1. The van der Waals surface area contributed by atoms with E-state index in [-0.39, 0.29) is 35.0 Å². The normalized spacial score (nSPS) is 18.6. The highest BCUT2D eigenvalue weighted by Gasteiger charge is 2.31. The molecule has 0 unspecified atom stereocenters. The van der Waals surface area contributed by atoms with Crippen molar-refractivity contribution in [3.63, 3.8) is 0 Å². The summed E-state index contributed by atoms with van der Waals surface area (Å²) in [5, 5.41) is 15.8. The standard InChI is InChI=1S/C30H43ClN2O6/c1-20(2)27(28(36)32-18-10-11-23(34)14-13-22(4)31)33-26(35)12-8-9-17-30(5,6)19-21(3)24-15-16-25(38-7)29(37)39-24/h9-10,13,16-18,20-21,23-24,27,34H,11,14-15,19H2,1-7H3,(H,32,36)(H,33,35)/b17-9-,18-10-,22-13+/t21-,23+,24-,27-/m0/s1. The summed E-state index contributed by atoms with van der Waals surface area (Å²) < 4.78 is 10.5. The van der Waals surface area contributed by atoms with Gasteiger partial charge in [-0.05, 0) is 67.7 Å². The van der Waals surface area contributed by atoms with E-state index in [1.54, 1.807) is 31.2 Å². The van der Waals surface area contributed by atoms with Crippen LogP contribution in [0.5, 0.6) is 0 Å². The zero-order valence-corrected chi connectivity index (χ0v) is 24.8. The van der Waals surface area contributed by atoms with Crippen LogP contribution >= 0.6 is 11.6 Å². The first-order chi connectivity index (χ1) is 18.3. The Morgan fingerprint density at radius 2 is 2.00 bits per heavy atom. The number of hydrogen-bond donors (Lipinski definition) is 3. The Labute approximate surface area is 237 Å². The second-order valence-corrected chi connectivity index (χ2v) is 11.3. The van der Waals surface area contributed by atoms with Crippen LogP contribution in [-0.4, -0.2) is 48.2 Å². The van der Waals surface area contributed by atoms with Gasteiger partial charge in [-0.25, -0.2) is 4.79 Å². The minimum Gasteiger partial charge on any atom is -0.490 e. The Morgan fingerprint density at radius 3 is 2.59 bits per heavy atom. The van der Waals surface area contributed by atoms with E-state index in [1.807, 2.05) is 40.7 Å². The third-order valence-electron chi connectivity index (χ3n) is 6.16. The van der Waals surface area contributed by atoms with Crippen LogP contribution in [0.1, 0.15) is 67.2 Å². The molecule has 3 N–H and O–H groups in total. The quantitative estimate of drug-likeness (QED) is 0.225. The molecule has 39 heavy (non-hydrogen) atoms. The minimum atomic E-state index is -0.768. The van der Waals surface area contributed by atoms with Gasteiger partial charge in [0.15, 0.2) is 5.76 Å². The van der Waals surface area contributed by atoms with Crippen LogP contribution in [0.4, 0.5) is 0 Å². The largest absolute Gasteiger partial charge is 0.490 e. The summed E-state index contributed by atoms with van der Waals surface area (Å²) in [6, 6.07) is -0.768. The van der Waals surface area contributed by atoms with E-state index in [2.05, 4.69) is 22.5 Å². The maximum Gasteiger partial charge on any atom is 0.373 e. The number of aliphatic hydroxyl groups is 1. The molecule has 1 aliphatic heterocycles. The van der Waals surface area contributed by atoms with Crippen molar-refractivity contribution < 1.29 is 29.0 Å². The zero-order chi connectivity index (χ0) is 29.6. The minimum absolute atomic E-state index is 0.105. The number of methoxy groups -OCH3 is 1. The van der Waals surface area contributed by atoms with Gasteiger partial charge >= 0.3 is 5.97 Å². The first-order valence-corrected chi connectivity index (χ1v) is 13.5. The number of cyclic esters (lactones) is 1. The van der Waals surface area contributed by atoms with Crippen LogP contribution in [-0.2, 0) is 23.9 Å². The fourth-order valence-corrected chi connectivity index (χ4v) is 4.12. The number of amides is 2. The SMILES string of the molecule is COC1=CC[C@@H]([C@@H](C)CC(C)(C)/C=C\C#CC(=O)N[C@H](C(=O)N/C=C\C[C@@H](O)C/C=C(\C)Cl)C(C)C)OC1=O. The van der Waals surface area contributed by atoms with Crippen LogP contribution < -0.4 is 10.6 Å². The maximum absolute atomic E-state index is 12.6. The summed E-state index contributed by atoms with van der Waals surface area (Å²) in [4.78, 5) is 36.9. The predicted molar refractivity (Wildman–Crippen MR) is 153 cm³/mol. The molecular weight excluding hydrogens is 520 g/mol. The van der Waals surface area contributed by atoms with Gasteiger partial charge in [0.25, 0.3) is 5.91 Å². The topological polar surface area (TPSA) is 114 Å². The van der Waals surface area contributed by atoms with Gasteiger partial charge in [-0.2, -0.15) is 0 Å². The summed E-state index contributed by atoms with van der Waals surface area (Å²) in [5.74, 6) is 4.06. The lowest BCUT2D eigenvalue weighted by Gasteiger charge is -2.31. The fraction of sp³-hybridized carbons (Fsp3) is 0.567. The van der Waals surface area contributed by atoms with Gasteiger partial charge in [-0.3, -0.25) is 9.59 Å². The third kappa shape index (κ3) is 13.6. The second kappa shape index (κ2) is 16.8. The number of ether oxygens (including phenoxy) is 2. The maximum atomic E-state index is 12.6. The molecule has 0 fully saturated rings. The highest BCUT2D eigenvalue weighted by atomic mass is 35.5. The lowest BCUT2D eigenvalue weighted by Crippen LogP contribution is -2.48. The van der Waals surface area contributed by atoms with Gasteiger partial charge in [0.05, 0.1) is 13.2 Å². The van der Waals surface area contributed by atoms with E-state index in [4.69, 9.17) is 21.1 Å². The molecule has 2 amide bonds. The Bertz CT molecular complexity index is 1030. The van der Waals surface area contributed by atoms with Crippen LogP contribution in [0, 0.1) is 29.1 Å². The van der Waals surface area contributed by atoms with E-state index in [1.165, 1.54) is 13.3 Å². The molecule has 0 saturated carbocycles. The molecule has 8 nitrogen and oxygen atoms in total. The van der Waals surface area contributed by atoms with Crippen molar-refractivity contribution in [1.29, 1.82) is 0 Å². The number of allylic oxidation sites excluding steroid dienone is 3. The van der Waals surface area contributed by atoms with Gasteiger partial charge in [0.2, 0.25) is 5.91 Å². The van der Waals surface area contributed by atoms with E-state index in [0.717, 1.165) is 6.42 Å². The van der Waals surface area contributed by atoms with E-state index >= 15 is 0 Å². The van der Waals surface area contributed by atoms with Crippen LogP contribution in [0.15, 0.2) is 47.4 Å². The molecule has 1 aliphatic rings. The Balaban J connectivity index is 2.60. The second-order valence-electron chi connectivity index (χ2n) is 10.7. The summed E-state index contributed by atoms with van der Waals surface area (Å²) in [5.41, 5.74) is -0.248. The molecule has 0 radical (unpaired) electrons. The van der Waals surface area contributed by atoms with E-state index < -0.39 is 24.0 Å². The monoisotopic (exact) mass is 562 g/mol. The number of carbonyl (C=O) groups is 3. The Kier molecular flexibility index (Phi) is 14.7. The van der Waals surface area contributed by atoms with Gasteiger partial charge < -0.3 is 25.2 Å². The average Bonchev–Trinajstić information content (AvgIpc) is 2.85. The molecule has 1 rings (SSSR count). The summed E-state index contributed by atoms with van der Waals surface area (Å²) in [7, 11) is 1.45. The van der Waals surface area contributed by atoms with Crippen molar-refractivity contribution in [3.8, 4) is 11.8 Å². The number of esters is 1. The molecule has 0 aromatic heterocycles. The predicted octanol–water partition coefficient (Wildman–Crippen LogP) is 4.50. The highest BCUT2D eigenvalue weighted by molar-refractivity contribution is 6.29. The number of hydrogen-bond acceptors (Lipinski definition) is 6. The molecule has 9 heteroatoms. The molecule has 0 bridgehead atoms. The lowest BCUT2D eigenvalue weighted by molar-refractivity contribution is -0.152. The van der Waals surface area contributed by atoms with Crippen LogP contribution in [0.3, 0.4) is 0 Å². The first-order valence-electron chi connectivity index (χ1n) is 13.2. The number of carbonyl (C=O) groups excluding carboxylic acids is 3. The van der Waals surface area contributed by atoms with Crippen molar-refractivity contribution in [3.05, 3.63) is 47.4 Å². The Hall–Kier alpha value is -3.02. The van der Waals surface area contributed by atoms with Crippen molar-refractivity contribution in [2.75, 3.05) is 7.11 Å². The molecule has 0 aromatic carbocycles. The van der Waals surface area contributed by atoms with Gasteiger partial charge in [-0.15, -0.1) is 0 Å². The zero-order valence-electron chi connectivity index (χ0n) is 24.0. The third-order valence-corrected chi connectivity index (χ3v) is 6.31. The molecule has 1 heterocycles. The first kappa shape index (κ1) is 34.0. The Morgan fingerprint density at radius 1 is 1.31 bits per heavy atom. The summed E-state index contributed by atoms with van der Waals surface area (Å²) >= 11 is 5.76. The summed E-state index contributed by atoms with van der Waals surface area (Å²) in [6.07, 6.45) is 11.4. The number of halogens is 1. The molecule has 0 aliphatic carbocycles. The van der Waals surface area contributed by atoms with E-state index in [0.29, 0.717) is 24.3 Å². The van der Waals surface area contributed by atoms with Gasteiger partial charge in [-0.1, -0.05) is 70.4 Å². The van der Waals surface area contributed by atoms with Crippen LogP contribution in [0.2, 0.25) is 0 Å². The van der Waals surface area contributed by atoms with Gasteiger partial charge in [0.1, 0.15) is 12.1 Å². The van der Waals surface area contributed by atoms with Crippen molar-refractivity contribution in [2.45, 2.75) is 85.5 Å². The highest BCUT2D eigenvalue weighted by Crippen LogP contribution is 2.32. The van der Waals surface area contributed by atoms with Crippen molar-refractivity contribution in [2.24, 2.45) is 17.3 Å². The van der Waals surface area contributed by atoms with E-state index in [9.17, 15) is 19.5 Å². The molecule has 216 valence electrons. The molecule has 0 aromatic rings. The molecule has 0 saturated heterocycles. The number of rotatable bonds is 13. The van der Waals surface area contributed by atoms with Gasteiger partial charge in [0, 0.05) is 11.5 Å². The van der Waals surface area contributed by atoms with Crippen molar-refractivity contribution in [1.82, 2.24) is 10.6 Å². The van der Waals surface area contributed by atoms with Crippen LogP contribution in [0.25, 0.3) is 0 Å². The molecular formula is C30H43ClN2O6. The van der Waals surface area contributed by atoms with Crippen molar-refractivity contribution >= 4 is 29.4 Å².